The van der Waals surface area contributed by atoms with Crippen LogP contribution in [0.2, 0.25) is 0 Å². The van der Waals surface area contributed by atoms with Gasteiger partial charge in [0.15, 0.2) is 0 Å². The van der Waals surface area contributed by atoms with E-state index in [9.17, 15) is 0 Å². The number of nitrogens with zero attached hydrogens (tertiary/aromatic N) is 2. The zero-order chi connectivity index (χ0) is 11.5. The normalized spacial score (nSPS) is 10.2. The SMILES string of the molecule is Cc1ccc(Oc2ccc(Br)c(C)n2)cn1. The highest BCUT2D eigenvalue weighted by atomic mass is 79.9. The number of hydrogen-bond donors (Lipinski definition) is 0. The number of aryl methyl sites for hydroxylation is 2. The average Bonchev–Trinajstić information content (AvgIpc) is 2.27. The van der Waals surface area contributed by atoms with E-state index in [4.69, 9.17) is 4.74 Å². The van der Waals surface area contributed by atoms with Gasteiger partial charge in [0.25, 0.3) is 0 Å². The lowest BCUT2D eigenvalue weighted by Gasteiger charge is -2.05. The maximum absolute atomic E-state index is 5.57. The molecule has 0 saturated carbocycles. The minimum absolute atomic E-state index is 0.575. The molecule has 4 heteroatoms. The van der Waals surface area contributed by atoms with Gasteiger partial charge >= 0.3 is 0 Å². The molecule has 3 nitrogen and oxygen atoms in total. The molecular formula is C12H11BrN2O. The number of pyridine rings is 2. The predicted octanol–water partition coefficient (Wildman–Crippen LogP) is 3.65. The summed E-state index contributed by atoms with van der Waals surface area (Å²) in [6.07, 6.45) is 1.69. The summed E-state index contributed by atoms with van der Waals surface area (Å²) >= 11 is 3.39. The average molecular weight is 279 g/mol. The Morgan fingerprint density at radius 1 is 1.12 bits per heavy atom. The summed E-state index contributed by atoms with van der Waals surface area (Å²) in [7, 11) is 0. The first kappa shape index (κ1) is 11.1. The van der Waals surface area contributed by atoms with Crippen LogP contribution in [0.4, 0.5) is 0 Å². The molecule has 16 heavy (non-hydrogen) atoms. The topological polar surface area (TPSA) is 35.0 Å². The summed E-state index contributed by atoms with van der Waals surface area (Å²) in [4.78, 5) is 8.45. The molecule has 0 radical (unpaired) electrons. The first-order valence-electron chi connectivity index (χ1n) is 4.89. The molecule has 0 aromatic carbocycles. The van der Waals surface area contributed by atoms with Gasteiger partial charge in [-0.1, -0.05) is 0 Å². The second kappa shape index (κ2) is 4.61. The third-order valence-corrected chi connectivity index (χ3v) is 2.94. The van der Waals surface area contributed by atoms with Gasteiger partial charge < -0.3 is 4.74 Å². The van der Waals surface area contributed by atoms with Crippen LogP contribution in [0.15, 0.2) is 34.9 Å². The van der Waals surface area contributed by atoms with Gasteiger partial charge in [-0.3, -0.25) is 4.98 Å². The number of ether oxygens (including phenoxy) is 1. The third kappa shape index (κ3) is 2.58. The molecule has 2 rings (SSSR count). The summed E-state index contributed by atoms with van der Waals surface area (Å²) in [5.74, 6) is 1.27. The molecule has 0 saturated heterocycles. The van der Waals surface area contributed by atoms with Crippen LogP contribution in [-0.4, -0.2) is 9.97 Å². The fourth-order valence-corrected chi connectivity index (χ4v) is 1.43. The van der Waals surface area contributed by atoms with Crippen LogP contribution in [0.5, 0.6) is 11.6 Å². The zero-order valence-corrected chi connectivity index (χ0v) is 10.7. The Bertz CT molecular complexity index is 497. The van der Waals surface area contributed by atoms with Crippen molar-refractivity contribution in [1.82, 2.24) is 9.97 Å². The highest BCUT2D eigenvalue weighted by Crippen LogP contribution is 2.22. The highest BCUT2D eigenvalue weighted by molar-refractivity contribution is 9.10. The molecule has 0 aliphatic heterocycles. The van der Waals surface area contributed by atoms with Gasteiger partial charge in [0, 0.05) is 16.2 Å². The van der Waals surface area contributed by atoms with Crippen LogP contribution in [0.3, 0.4) is 0 Å². The number of aromatic nitrogens is 2. The van der Waals surface area contributed by atoms with Crippen LogP contribution in [0, 0.1) is 13.8 Å². The van der Waals surface area contributed by atoms with E-state index in [1.54, 1.807) is 6.20 Å². The summed E-state index contributed by atoms with van der Waals surface area (Å²) in [6, 6.07) is 7.51. The number of hydrogen-bond acceptors (Lipinski definition) is 3. The van der Waals surface area contributed by atoms with Crippen molar-refractivity contribution in [3.8, 4) is 11.6 Å². The van der Waals surface area contributed by atoms with Crippen molar-refractivity contribution in [3.63, 3.8) is 0 Å². The lowest BCUT2D eigenvalue weighted by molar-refractivity contribution is 0.459. The molecule has 0 unspecified atom stereocenters. The van der Waals surface area contributed by atoms with E-state index >= 15 is 0 Å². The van der Waals surface area contributed by atoms with E-state index in [2.05, 4.69) is 25.9 Å². The van der Waals surface area contributed by atoms with Gasteiger partial charge in [-0.15, -0.1) is 0 Å². The molecule has 82 valence electrons. The van der Waals surface area contributed by atoms with E-state index in [1.807, 2.05) is 38.1 Å². The Morgan fingerprint density at radius 2 is 1.94 bits per heavy atom. The van der Waals surface area contributed by atoms with Crippen molar-refractivity contribution in [3.05, 3.63) is 46.3 Å². The van der Waals surface area contributed by atoms with Gasteiger partial charge in [0.2, 0.25) is 5.88 Å². The smallest absolute Gasteiger partial charge is 0.219 e. The summed E-state index contributed by atoms with van der Waals surface area (Å²) in [5, 5.41) is 0. The Labute approximate surface area is 103 Å². The minimum atomic E-state index is 0.575. The summed E-state index contributed by atoms with van der Waals surface area (Å²) < 4.78 is 6.55. The Hall–Kier alpha value is -1.42. The van der Waals surface area contributed by atoms with Crippen molar-refractivity contribution in [2.24, 2.45) is 0 Å². The van der Waals surface area contributed by atoms with Crippen molar-refractivity contribution in [2.45, 2.75) is 13.8 Å². The van der Waals surface area contributed by atoms with Gasteiger partial charge in [0.05, 0.1) is 11.9 Å². The number of halogens is 1. The zero-order valence-electron chi connectivity index (χ0n) is 9.07. The molecule has 0 spiro atoms. The fourth-order valence-electron chi connectivity index (χ4n) is 1.21. The molecule has 0 aliphatic rings. The molecule has 2 aromatic heterocycles. The standard InChI is InChI=1S/C12H11BrN2O/c1-8-3-4-10(7-14-8)16-12-6-5-11(13)9(2)15-12/h3-7H,1-2H3. The summed E-state index contributed by atoms with van der Waals surface area (Å²) in [6.45, 7) is 3.86. The first-order valence-corrected chi connectivity index (χ1v) is 5.68. The van der Waals surface area contributed by atoms with Crippen molar-refractivity contribution in [1.29, 1.82) is 0 Å². The molecule has 0 bridgehead atoms. The highest BCUT2D eigenvalue weighted by Gasteiger charge is 2.01. The molecule has 0 atom stereocenters. The largest absolute Gasteiger partial charge is 0.437 e. The van der Waals surface area contributed by atoms with E-state index in [1.165, 1.54) is 0 Å². The van der Waals surface area contributed by atoms with E-state index in [0.717, 1.165) is 15.9 Å². The summed E-state index contributed by atoms with van der Waals surface area (Å²) in [5.41, 5.74) is 1.87. The second-order valence-electron chi connectivity index (χ2n) is 3.45. The molecule has 2 aromatic rings. The lowest BCUT2D eigenvalue weighted by atomic mass is 10.3. The molecule has 0 amide bonds. The van der Waals surface area contributed by atoms with Gasteiger partial charge in [0.1, 0.15) is 5.75 Å². The van der Waals surface area contributed by atoms with Crippen molar-refractivity contribution in [2.75, 3.05) is 0 Å². The van der Waals surface area contributed by atoms with Crippen LogP contribution >= 0.6 is 15.9 Å². The second-order valence-corrected chi connectivity index (χ2v) is 4.31. The molecule has 2 heterocycles. The van der Waals surface area contributed by atoms with Crippen LogP contribution in [-0.2, 0) is 0 Å². The fraction of sp³-hybridized carbons (Fsp3) is 0.167. The first-order chi connectivity index (χ1) is 7.65. The van der Waals surface area contributed by atoms with E-state index in [0.29, 0.717) is 11.6 Å². The molecule has 0 N–H and O–H groups in total. The van der Waals surface area contributed by atoms with Crippen LogP contribution < -0.4 is 4.74 Å². The molecular weight excluding hydrogens is 268 g/mol. The molecule has 0 fully saturated rings. The predicted molar refractivity (Wildman–Crippen MR) is 65.7 cm³/mol. The van der Waals surface area contributed by atoms with Crippen molar-refractivity contribution < 1.29 is 4.74 Å². The Morgan fingerprint density at radius 3 is 2.56 bits per heavy atom. The lowest BCUT2D eigenvalue weighted by Crippen LogP contribution is -1.91. The van der Waals surface area contributed by atoms with Crippen LogP contribution in [0.1, 0.15) is 11.4 Å². The minimum Gasteiger partial charge on any atom is -0.437 e. The Kier molecular flexibility index (Phi) is 3.19. The third-order valence-electron chi connectivity index (χ3n) is 2.10. The maximum atomic E-state index is 5.57. The Balaban J connectivity index is 2.20. The van der Waals surface area contributed by atoms with Gasteiger partial charge in [-0.05, 0) is 48.0 Å². The van der Waals surface area contributed by atoms with E-state index < -0.39 is 0 Å². The van der Waals surface area contributed by atoms with Crippen LogP contribution in [0.25, 0.3) is 0 Å². The van der Waals surface area contributed by atoms with Gasteiger partial charge in [-0.25, -0.2) is 4.98 Å². The monoisotopic (exact) mass is 278 g/mol. The number of rotatable bonds is 2. The quantitative estimate of drug-likeness (QED) is 0.841. The van der Waals surface area contributed by atoms with Gasteiger partial charge in [-0.2, -0.15) is 0 Å². The van der Waals surface area contributed by atoms with Crippen molar-refractivity contribution >= 4 is 15.9 Å². The van der Waals surface area contributed by atoms with E-state index in [-0.39, 0.29) is 0 Å². The molecule has 0 aliphatic carbocycles. The maximum Gasteiger partial charge on any atom is 0.219 e.